The highest BCUT2D eigenvalue weighted by atomic mass is 32.2. The third-order valence-electron chi connectivity index (χ3n) is 5.83. The average molecular weight is 388 g/mol. The standard InChI is InChI=1S/C20H25N3O3S/c1-20(2)14-22(10-11-27(20,25)26)19(24)16-8-9-23-17(12-16)13-21-18(23)15-6-4-3-5-7-15/h3-7,13,16H,8-12,14H2,1-2H3/t16-/m1/s1. The molecule has 1 saturated heterocycles. The van der Waals surface area contributed by atoms with Gasteiger partial charge in [0.25, 0.3) is 0 Å². The van der Waals surface area contributed by atoms with Crippen molar-refractivity contribution < 1.29 is 13.2 Å². The molecule has 0 N–H and O–H groups in total. The van der Waals surface area contributed by atoms with E-state index in [0.29, 0.717) is 13.0 Å². The Hall–Kier alpha value is -2.15. The zero-order valence-electron chi connectivity index (χ0n) is 15.8. The summed E-state index contributed by atoms with van der Waals surface area (Å²) in [6.07, 6.45) is 3.28. The van der Waals surface area contributed by atoms with Crippen LogP contribution < -0.4 is 0 Å². The maximum absolute atomic E-state index is 13.0. The Labute approximate surface area is 160 Å². The van der Waals surface area contributed by atoms with Crippen molar-refractivity contribution >= 4 is 15.7 Å². The van der Waals surface area contributed by atoms with E-state index >= 15 is 0 Å². The molecule has 4 rings (SSSR count). The minimum absolute atomic E-state index is 0.0501. The summed E-state index contributed by atoms with van der Waals surface area (Å²) in [7, 11) is -3.14. The molecule has 1 amide bonds. The number of fused-ring (bicyclic) bond motifs is 1. The Kier molecular flexibility index (Phi) is 4.37. The number of carbonyl (C=O) groups excluding carboxylic acids is 1. The van der Waals surface area contributed by atoms with Gasteiger partial charge in [0.15, 0.2) is 9.84 Å². The quantitative estimate of drug-likeness (QED) is 0.792. The molecule has 1 atom stereocenters. The fourth-order valence-electron chi connectivity index (χ4n) is 4.08. The summed E-state index contributed by atoms with van der Waals surface area (Å²) in [6.45, 7) is 4.76. The van der Waals surface area contributed by atoms with E-state index in [1.54, 1.807) is 18.7 Å². The van der Waals surface area contributed by atoms with E-state index in [4.69, 9.17) is 0 Å². The fraction of sp³-hybridized carbons (Fsp3) is 0.500. The smallest absolute Gasteiger partial charge is 0.226 e. The van der Waals surface area contributed by atoms with Gasteiger partial charge in [-0.1, -0.05) is 30.3 Å². The van der Waals surface area contributed by atoms with E-state index in [9.17, 15) is 13.2 Å². The lowest BCUT2D eigenvalue weighted by atomic mass is 9.94. The summed E-state index contributed by atoms with van der Waals surface area (Å²) >= 11 is 0. The minimum atomic E-state index is -3.14. The molecule has 2 aromatic rings. The molecule has 1 fully saturated rings. The van der Waals surface area contributed by atoms with Gasteiger partial charge in [0.1, 0.15) is 5.82 Å². The third-order valence-corrected chi connectivity index (χ3v) is 8.36. The number of aromatic nitrogens is 2. The molecule has 6 nitrogen and oxygen atoms in total. The van der Waals surface area contributed by atoms with E-state index in [1.807, 2.05) is 36.5 Å². The molecule has 27 heavy (non-hydrogen) atoms. The van der Waals surface area contributed by atoms with Crippen LogP contribution in [0.2, 0.25) is 0 Å². The van der Waals surface area contributed by atoms with Crippen LogP contribution in [0.1, 0.15) is 26.0 Å². The molecule has 0 unspecified atom stereocenters. The normalized spacial score (nSPS) is 23.6. The zero-order chi connectivity index (χ0) is 19.2. The third kappa shape index (κ3) is 3.18. The maximum Gasteiger partial charge on any atom is 0.226 e. The Morgan fingerprint density at radius 1 is 1.19 bits per heavy atom. The Bertz CT molecular complexity index is 964. The molecule has 0 spiro atoms. The fourth-order valence-corrected chi connectivity index (χ4v) is 5.45. The van der Waals surface area contributed by atoms with Gasteiger partial charge in [-0.25, -0.2) is 13.4 Å². The van der Waals surface area contributed by atoms with Gasteiger partial charge in [0, 0.05) is 49.4 Å². The number of benzene rings is 1. The molecule has 0 saturated carbocycles. The molecule has 7 heteroatoms. The Morgan fingerprint density at radius 2 is 1.93 bits per heavy atom. The van der Waals surface area contributed by atoms with Crippen molar-refractivity contribution in [1.82, 2.24) is 14.5 Å². The molecule has 1 aromatic carbocycles. The number of hydrogen-bond donors (Lipinski definition) is 0. The topological polar surface area (TPSA) is 72.3 Å². The lowest BCUT2D eigenvalue weighted by Gasteiger charge is -2.39. The number of rotatable bonds is 2. The number of carbonyl (C=O) groups is 1. The van der Waals surface area contributed by atoms with Gasteiger partial charge in [0.05, 0.1) is 10.5 Å². The van der Waals surface area contributed by atoms with Crippen LogP contribution in [0, 0.1) is 5.92 Å². The number of sulfone groups is 1. The average Bonchev–Trinajstić information content (AvgIpc) is 3.07. The minimum Gasteiger partial charge on any atom is -0.340 e. The van der Waals surface area contributed by atoms with Gasteiger partial charge in [-0.2, -0.15) is 0 Å². The van der Waals surface area contributed by atoms with Crippen molar-refractivity contribution in [3.05, 3.63) is 42.2 Å². The number of nitrogens with zero attached hydrogens (tertiary/aromatic N) is 3. The predicted octanol–water partition coefficient (Wildman–Crippen LogP) is 2.15. The van der Waals surface area contributed by atoms with Gasteiger partial charge in [-0.3, -0.25) is 4.79 Å². The summed E-state index contributed by atoms with van der Waals surface area (Å²) in [5.74, 6) is 0.969. The second-order valence-electron chi connectivity index (χ2n) is 8.12. The number of hydrogen-bond acceptors (Lipinski definition) is 4. The van der Waals surface area contributed by atoms with E-state index in [0.717, 1.165) is 30.0 Å². The number of amides is 1. The lowest BCUT2D eigenvalue weighted by Crippen LogP contribution is -2.56. The van der Waals surface area contributed by atoms with E-state index in [2.05, 4.69) is 9.55 Å². The van der Waals surface area contributed by atoms with Crippen LogP contribution in [0.3, 0.4) is 0 Å². The van der Waals surface area contributed by atoms with Crippen LogP contribution in [-0.2, 0) is 27.6 Å². The molecule has 2 aliphatic rings. The van der Waals surface area contributed by atoms with Gasteiger partial charge in [-0.15, -0.1) is 0 Å². The second kappa shape index (κ2) is 6.48. The highest BCUT2D eigenvalue weighted by molar-refractivity contribution is 7.92. The van der Waals surface area contributed by atoms with Gasteiger partial charge < -0.3 is 9.47 Å². The molecule has 0 aliphatic carbocycles. The molecular weight excluding hydrogens is 362 g/mol. The molecule has 144 valence electrons. The van der Waals surface area contributed by atoms with Crippen molar-refractivity contribution in [2.75, 3.05) is 18.8 Å². The second-order valence-corrected chi connectivity index (χ2v) is 10.9. The van der Waals surface area contributed by atoms with E-state index < -0.39 is 14.6 Å². The van der Waals surface area contributed by atoms with Crippen LogP contribution in [-0.4, -0.2) is 52.4 Å². The highest BCUT2D eigenvalue weighted by Crippen LogP contribution is 2.30. The summed E-state index contributed by atoms with van der Waals surface area (Å²) < 4.78 is 25.7. The van der Waals surface area contributed by atoms with Crippen molar-refractivity contribution in [2.45, 2.75) is 38.0 Å². The predicted molar refractivity (Wildman–Crippen MR) is 104 cm³/mol. The van der Waals surface area contributed by atoms with E-state index in [-0.39, 0.29) is 24.1 Å². The molecule has 0 bridgehead atoms. The van der Waals surface area contributed by atoms with Gasteiger partial charge >= 0.3 is 0 Å². The number of imidazole rings is 1. The Morgan fingerprint density at radius 3 is 2.63 bits per heavy atom. The first-order valence-corrected chi connectivity index (χ1v) is 11.0. The molecule has 1 aromatic heterocycles. The molecule has 3 heterocycles. The van der Waals surface area contributed by atoms with Crippen molar-refractivity contribution in [2.24, 2.45) is 5.92 Å². The van der Waals surface area contributed by atoms with Crippen LogP contribution in [0.15, 0.2) is 36.5 Å². The van der Waals surface area contributed by atoms with Crippen molar-refractivity contribution in [3.8, 4) is 11.4 Å². The summed E-state index contributed by atoms with van der Waals surface area (Å²) in [6, 6.07) is 10.1. The molecule has 0 radical (unpaired) electrons. The maximum atomic E-state index is 13.0. The van der Waals surface area contributed by atoms with Gasteiger partial charge in [-0.05, 0) is 20.3 Å². The lowest BCUT2D eigenvalue weighted by molar-refractivity contribution is -0.136. The highest BCUT2D eigenvalue weighted by Gasteiger charge is 2.43. The van der Waals surface area contributed by atoms with Crippen LogP contribution >= 0.6 is 0 Å². The first kappa shape index (κ1) is 18.2. The van der Waals surface area contributed by atoms with Crippen LogP contribution in [0.5, 0.6) is 0 Å². The van der Waals surface area contributed by atoms with Gasteiger partial charge in [0.2, 0.25) is 5.91 Å². The Balaban J connectivity index is 1.51. The van der Waals surface area contributed by atoms with Crippen molar-refractivity contribution in [3.63, 3.8) is 0 Å². The molecular formula is C20H25N3O3S. The monoisotopic (exact) mass is 387 g/mol. The summed E-state index contributed by atoms with van der Waals surface area (Å²) in [5.41, 5.74) is 2.15. The first-order valence-electron chi connectivity index (χ1n) is 9.39. The summed E-state index contributed by atoms with van der Waals surface area (Å²) in [4.78, 5) is 19.4. The first-order chi connectivity index (χ1) is 12.8. The van der Waals surface area contributed by atoms with Crippen LogP contribution in [0.4, 0.5) is 0 Å². The van der Waals surface area contributed by atoms with Crippen LogP contribution in [0.25, 0.3) is 11.4 Å². The summed E-state index contributed by atoms with van der Waals surface area (Å²) in [5, 5.41) is 0. The van der Waals surface area contributed by atoms with Crippen molar-refractivity contribution in [1.29, 1.82) is 0 Å². The largest absolute Gasteiger partial charge is 0.340 e. The SMILES string of the molecule is CC1(C)CN(C(=O)[C@@H]2CCn3c(cnc3-c3ccccc3)C2)CCS1(=O)=O. The van der Waals surface area contributed by atoms with E-state index in [1.165, 1.54) is 0 Å². The zero-order valence-corrected chi connectivity index (χ0v) is 16.6. The molecule has 2 aliphatic heterocycles.